The summed E-state index contributed by atoms with van der Waals surface area (Å²) in [5.41, 5.74) is 6.85. The van der Waals surface area contributed by atoms with Crippen LogP contribution in [0.2, 0.25) is 0 Å². The predicted molar refractivity (Wildman–Crippen MR) is 128 cm³/mol. The fourth-order valence-electron chi connectivity index (χ4n) is 4.01. The van der Waals surface area contributed by atoms with Crippen molar-refractivity contribution in [1.29, 1.82) is 0 Å². The van der Waals surface area contributed by atoms with E-state index in [9.17, 15) is 22.8 Å². The minimum absolute atomic E-state index is 0.0118. The molecule has 1 aliphatic rings. The fraction of sp³-hybridized carbons (Fsp3) is 0.375. The Bertz CT molecular complexity index is 1130. The Morgan fingerprint density at radius 2 is 1.71 bits per heavy atom. The van der Waals surface area contributed by atoms with Gasteiger partial charge in [0.15, 0.2) is 0 Å². The molecule has 10 heteroatoms. The zero-order valence-electron chi connectivity index (χ0n) is 19.3. The summed E-state index contributed by atoms with van der Waals surface area (Å²) in [6, 6.07) is 14.4. The number of hydrogen-bond acceptors (Lipinski definition) is 5. The first-order valence-corrected chi connectivity index (χ1v) is 12.7. The number of nitrogens with one attached hydrogen (secondary N) is 1. The lowest BCUT2D eigenvalue weighted by molar-refractivity contribution is -0.130. The van der Waals surface area contributed by atoms with Gasteiger partial charge in [0.25, 0.3) is 0 Å². The molecule has 2 atom stereocenters. The Morgan fingerprint density at radius 1 is 1.09 bits per heavy atom. The van der Waals surface area contributed by atoms with Gasteiger partial charge in [-0.1, -0.05) is 44.2 Å². The molecule has 0 spiro atoms. The molecule has 9 nitrogen and oxygen atoms in total. The number of hydrogen-bond donors (Lipinski definition) is 2. The number of primary amides is 1. The average molecular weight is 487 g/mol. The molecule has 1 aliphatic heterocycles. The molecule has 0 radical (unpaired) electrons. The second-order valence-electron chi connectivity index (χ2n) is 8.14. The highest BCUT2D eigenvalue weighted by atomic mass is 32.2. The highest BCUT2D eigenvalue weighted by Crippen LogP contribution is 2.27. The SMILES string of the molecule is CCN(CC)S(=O)(=O)c1ccc(N2CC(C(=O)NC(Cc3ccccc3)C(N)=O)CC2=O)cc1. The van der Waals surface area contributed by atoms with Crippen molar-refractivity contribution < 1.29 is 22.8 Å². The molecule has 182 valence electrons. The second kappa shape index (κ2) is 10.8. The van der Waals surface area contributed by atoms with Crippen molar-refractivity contribution in [2.45, 2.75) is 37.6 Å². The summed E-state index contributed by atoms with van der Waals surface area (Å²) < 4.78 is 26.7. The van der Waals surface area contributed by atoms with Gasteiger partial charge in [-0.25, -0.2) is 8.42 Å². The van der Waals surface area contributed by atoms with Crippen LogP contribution in [0, 0.1) is 5.92 Å². The zero-order chi connectivity index (χ0) is 24.9. The smallest absolute Gasteiger partial charge is 0.243 e. The topological polar surface area (TPSA) is 130 Å². The molecule has 1 saturated heterocycles. The lowest BCUT2D eigenvalue weighted by atomic mass is 10.0. The van der Waals surface area contributed by atoms with Crippen LogP contribution >= 0.6 is 0 Å². The summed E-state index contributed by atoms with van der Waals surface area (Å²) in [6.07, 6.45) is 0.247. The highest BCUT2D eigenvalue weighted by molar-refractivity contribution is 7.89. The lowest BCUT2D eigenvalue weighted by Gasteiger charge is -2.21. The van der Waals surface area contributed by atoms with Crippen LogP contribution in [0.4, 0.5) is 5.69 Å². The van der Waals surface area contributed by atoms with Gasteiger partial charge in [-0.05, 0) is 29.8 Å². The van der Waals surface area contributed by atoms with E-state index in [1.807, 2.05) is 30.3 Å². The Balaban J connectivity index is 1.68. The maximum atomic E-state index is 12.8. The number of benzene rings is 2. The molecular formula is C24H30N4O5S. The lowest BCUT2D eigenvalue weighted by Crippen LogP contribution is -2.48. The molecule has 0 aliphatic carbocycles. The van der Waals surface area contributed by atoms with E-state index in [0.717, 1.165) is 5.56 Å². The van der Waals surface area contributed by atoms with Crippen molar-refractivity contribution in [2.24, 2.45) is 11.7 Å². The third-order valence-electron chi connectivity index (χ3n) is 5.93. The van der Waals surface area contributed by atoms with Crippen LogP contribution < -0.4 is 16.0 Å². The number of carbonyl (C=O) groups is 3. The number of sulfonamides is 1. The summed E-state index contributed by atoms with van der Waals surface area (Å²) in [5, 5.41) is 2.68. The van der Waals surface area contributed by atoms with Crippen LogP contribution in [-0.2, 0) is 30.8 Å². The first kappa shape index (κ1) is 25.4. The fourth-order valence-corrected chi connectivity index (χ4v) is 5.46. The van der Waals surface area contributed by atoms with Gasteiger partial charge in [-0.2, -0.15) is 4.31 Å². The van der Waals surface area contributed by atoms with Crippen molar-refractivity contribution in [3.63, 3.8) is 0 Å². The Hall–Kier alpha value is -3.24. The molecule has 3 rings (SSSR count). The predicted octanol–water partition coefficient (Wildman–Crippen LogP) is 1.28. The number of anilines is 1. The minimum atomic E-state index is -3.60. The van der Waals surface area contributed by atoms with Gasteiger partial charge in [-0.3, -0.25) is 14.4 Å². The maximum absolute atomic E-state index is 12.8. The zero-order valence-corrected chi connectivity index (χ0v) is 20.1. The van der Waals surface area contributed by atoms with Crippen molar-refractivity contribution >= 4 is 33.4 Å². The van der Waals surface area contributed by atoms with Crippen molar-refractivity contribution in [1.82, 2.24) is 9.62 Å². The molecule has 34 heavy (non-hydrogen) atoms. The maximum Gasteiger partial charge on any atom is 0.243 e. The van der Waals surface area contributed by atoms with Crippen LogP contribution in [0.3, 0.4) is 0 Å². The summed E-state index contributed by atoms with van der Waals surface area (Å²) in [5.74, 6) is -1.97. The summed E-state index contributed by atoms with van der Waals surface area (Å²) in [6.45, 7) is 4.39. The van der Waals surface area contributed by atoms with E-state index in [1.165, 1.54) is 21.3 Å². The van der Waals surface area contributed by atoms with E-state index >= 15 is 0 Å². The van der Waals surface area contributed by atoms with Crippen LogP contribution in [0.5, 0.6) is 0 Å². The van der Waals surface area contributed by atoms with E-state index < -0.39 is 33.8 Å². The number of nitrogens with two attached hydrogens (primary N) is 1. The summed E-state index contributed by atoms with van der Waals surface area (Å²) >= 11 is 0. The van der Waals surface area contributed by atoms with Crippen LogP contribution in [0.25, 0.3) is 0 Å². The first-order valence-electron chi connectivity index (χ1n) is 11.2. The molecule has 0 aromatic heterocycles. The first-order chi connectivity index (χ1) is 16.2. The van der Waals surface area contributed by atoms with E-state index in [4.69, 9.17) is 5.73 Å². The average Bonchev–Trinajstić information content (AvgIpc) is 3.21. The van der Waals surface area contributed by atoms with Gasteiger partial charge in [0.05, 0.1) is 10.8 Å². The van der Waals surface area contributed by atoms with Gasteiger partial charge < -0.3 is 16.0 Å². The van der Waals surface area contributed by atoms with Crippen molar-refractivity contribution in [2.75, 3.05) is 24.5 Å². The van der Waals surface area contributed by atoms with Crippen LogP contribution in [0.15, 0.2) is 59.5 Å². The molecule has 1 heterocycles. The normalized spacial score (nSPS) is 17.1. The quantitative estimate of drug-likeness (QED) is 0.523. The van der Waals surface area contributed by atoms with Crippen molar-refractivity contribution in [3.8, 4) is 0 Å². The molecule has 1 fully saturated rings. The molecule has 3 amide bonds. The van der Waals surface area contributed by atoms with E-state index in [0.29, 0.717) is 18.8 Å². The Labute approximate surface area is 200 Å². The van der Waals surface area contributed by atoms with Crippen LogP contribution in [0.1, 0.15) is 25.8 Å². The van der Waals surface area contributed by atoms with Gasteiger partial charge in [-0.15, -0.1) is 0 Å². The second-order valence-corrected chi connectivity index (χ2v) is 10.1. The molecule has 3 N–H and O–H groups in total. The number of amides is 3. The van der Waals surface area contributed by atoms with E-state index in [1.54, 1.807) is 26.0 Å². The molecule has 0 bridgehead atoms. The number of carbonyl (C=O) groups excluding carboxylic acids is 3. The molecule has 0 saturated carbocycles. The summed E-state index contributed by atoms with van der Waals surface area (Å²) in [4.78, 5) is 38.9. The largest absolute Gasteiger partial charge is 0.368 e. The van der Waals surface area contributed by atoms with E-state index in [2.05, 4.69) is 5.32 Å². The number of nitrogens with zero attached hydrogens (tertiary/aromatic N) is 2. The van der Waals surface area contributed by atoms with Crippen molar-refractivity contribution in [3.05, 3.63) is 60.2 Å². The van der Waals surface area contributed by atoms with Gasteiger partial charge in [0, 0.05) is 38.2 Å². The van der Waals surface area contributed by atoms with E-state index in [-0.39, 0.29) is 30.2 Å². The Morgan fingerprint density at radius 3 is 2.26 bits per heavy atom. The highest BCUT2D eigenvalue weighted by Gasteiger charge is 2.36. The van der Waals surface area contributed by atoms with Gasteiger partial charge in [0.2, 0.25) is 27.7 Å². The molecule has 2 aromatic carbocycles. The van der Waals surface area contributed by atoms with Crippen LogP contribution in [-0.4, -0.2) is 56.1 Å². The minimum Gasteiger partial charge on any atom is -0.368 e. The van der Waals surface area contributed by atoms with Gasteiger partial charge >= 0.3 is 0 Å². The molecule has 2 aromatic rings. The third-order valence-corrected chi connectivity index (χ3v) is 7.99. The molecular weight excluding hydrogens is 456 g/mol. The monoisotopic (exact) mass is 486 g/mol. The standard InChI is InChI=1S/C24H30N4O5S/c1-3-27(4-2)34(32,33)20-12-10-19(11-13-20)28-16-18(15-22(28)29)24(31)26-21(23(25)30)14-17-8-6-5-7-9-17/h5-13,18,21H,3-4,14-16H2,1-2H3,(H2,25,30)(H,26,31). The summed E-state index contributed by atoms with van der Waals surface area (Å²) in [7, 11) is -3.60. The third kappa shape index (κ3) is 5.63. The number of rotatable bonds is 10. The van der Waals surface area contributed by atoms with Gasteiger partial charge in [0.1, 0.15) is 6.04 Å². The molecule has 2 unspecified atom stereocenters. The Kier molecular flexibility index (Phi) is 8.06.